The summed E-state index contributed by atoms with van der Waals surface area (Å²) in [6.45, 7) is 7.57. The van der Waals surface area contributed by atoms with Gasteiger partial charge >= 0.3 is 0 Å². The van der Waals surface area contributed by atoms with Crippen LogP contribution < -0.4 is 0 Å². The summed E-state index contributed by atoms with van der Waals surface area (Å²) in [6, 6.07) is 27.0. The van der Waals surface area contributed by atoms with Crippen LogP contribution in [0.2, 0.25) is 10.0 Å². The summed E-state index contributed by atoms with van der Waals surface area (Å²) in [5.74, 6) is 0.0486. The molecule has 0 saturated heterocycles. The highest BCUT2D eigenvalue weighted by Gasteiger charge is 2.21. The van der Waals surface area contributed by atoms with Gasteiger partial charge in [-0.25, -0.2) is 9.97 Å². The van der Waals surface area contributed by atoms with Crippen LogP contribution in [0.15, 0.2) is 101 Å². The van der Waals surface area contributed by atoms with E-state index >= 15 is 0 Å². The number of benzene rings is 4. The number of carbonyl (C=O) groups is 2. The molecule has 0 fully saturated rings. The van der Waals surface area contributed by atoms with E-state index < -0.39 is 5.60 Å². The van der Waals surface area contributed by atoms with Crippen molar-refractivity contribution >= 4 is 57.4 Å². The third-order valence-electron chi connectivity index (χ3n) is 8.17. The first-order valence-electron chi connectivity index (χ1n) is 16.3. The summed E-state index contributed by atoms with van der Waals surface area (Å²) in [5, 5.41) is 15.7. The Balaban J connectivity index is 0.000000197. The second-order valence-electron chi connectivity index (χ2n) is 12.4. The van der Waals surface area contributed by atoms with Gasteiger partial charge in [-0.2, -0.15) is 0 Å². The zero-order valence-corrected chi connectivity index (χ0v) is 31.5. The minimum atomic E-state index is -0.943. The topological polar surface area (TPSA) is 80.1 Å². The normalized spacial score (nSPS) is 11.2. The Hall–Kier alpha value is -3.98. The van der Waals surface area contributed by atoms with E-state index in [1.807, 2.05) is 101 Å². The zero-order chi connectivity index (χ0) is 35.8. The summed E-state index contributed by atoms with van der Waals surface area (Å²) in [7, 11) is 0. The molecule has 0 atom stereocenters. The van der Waals surface area contributed by atoms with Gasteiger partial charge in [-0.3, -0.25) is 9.59 Å². The van der Waals surface area contributed by atoms with Crippen LogP contribution in [0, 0.1) is 0 Å². The lowest BCUT2D eigenvalue weighted by atomic mass is 10.00. The molecule has 4 aromatic carbocycles. The molecule has 9 heteroatoms. The molecule has 6 rings (SSSR count). The standard InChI is InChI=1S/C22H22ClNO2S.C19H16ClNOS/c1-4-14-7-10-17(18(23)11-14)20(25)12-15-5-8-16(9-6-15)19-13-27-21(24-19)22(2,3)26;1-2-13-5-8-16(17(20)9-13)19(22)10-14-3-6-15(7-4-14)18-11-23-12-21-18/h5-11,13,26H,4,12H2,1-3H3;3-9,11-12H,2,10H2,1H3. The van der Waals surface area contributed by atoms with Crippen LogP contribution in [0.1, 0.15) is 75.7 Å². The lowest BCUT2D eigenvalue weighted by molar-refractivity contribution is 0.0783. The molecule has 0 spiro atoms. The highest BCUT2D eigenvalue weighted by Crippen LogP contribution is 2.29. The zero-order valence-electron chi connectivity index (χ0n) is 28.4. The maximum atomic E-state index is 12.6. The van der Waals surface area contributed by atoms with E-state index in [0.29, 0.717) is 39.0 Å². The van der Waals surface area contributed by atoms with Crippen LogP contribution in [-0.4, -0.2) is 26.6 Å². The van der Waals surface area contributed by atoms with Crippen LogP contribution in [0.25, 0.3) is 22.5 Å². The summed E-state index contributed by atoms with van der Waals surface area (Å²) in [4.78, 5) is 33.8. The number of ketones is 2. The fraction of sp³-hybridized carbons (Fsp3) is 0.220. The Morgan fingerprint density at radius 3 is 1.52 bits per heavy atom. The van der Waals surface area contributed by atoms with E-state index in [2.05, 4.69) is 23.8 Å². The average molecular weight is 742 g/mol. The SMILES string of the molecule is CCc1ccc(C(=O)Cc2ccc(-c3csc(C(C)(C)O)n3)cc2)c(Cl)c1.CCc1ccc(C(=O)Cc2ccc(-c3cscn3)cc2)c(Cl)c1. The fourth-order valence-corrected chi connectivity index (χ4v) is 7.23. The number of aromatic nitrogens is 2. The molecule has 0 aliphatic heterocycles. The van der Waals surface area contributed by atoms with Crippen LogP contribution in [0.5, 0.6) is 0 Å². The van der Waals surface area contributed by atoms with E-state index in [9.17, 15) is 14.7 Å². The third kappa shape index (κ3) is 9.62. The lowest BCUT2D eigenvalue weighted by Crippen LogP contribution is -2.14. The van der Waals surface area contributed by atoms with Gasteiger partial charge in [0, 0.05) is 45.9 Å². The second kappa shape index (κ2) is 16.8. The molecule has 0 radical (unpaired) electrons. The minimum Gasteiger partial charge on any atom is -0.383 e. The molecule has 256 valence electrons. The molecular weight excluding hydrogens is 704 g/mol. The van der Waals surface area contributed by atoms with Crippen molar-refractivity contribution in [3.63, 3.8) is 0 Å². The molecule has 6 aromatic rings. The number of Topliss-reactive ketones (excluding diaryl/α,β-unsaturated/α-hetero) is 2. The lowest BCUT2D eigenvalue weighted by Gasteiger charge is -2.12. The first-order valence-corrected chi connectivity index (χ1v) is 18.9. The van der Waals surface area contributed by atoms with Crippen LogP contribution >= 0.6 is 45.9 Å². The number of thiazole rings is 2. The van der Waals surface area contributed by atoms with Gasteiger partial charge in [0.2, 0.25) is 0 Å². The molecule has 1 N–H and O–H groups in total. The van der Waals surface area contributed by atoms with E-state index in [1.165, 1.54) is 11.3 Å². The van der Waals surface area contributed by atoms with Gasteiger partial charge in [-0.1, -0.05) is 97.7 Å². The first-order chi connectivity index (χ1) is 23.9. The third-order valence-corrected chi connectivity index (χ3v) is 10.5. The van der Waals surface area contributed by atoms with E-state index in [0.717, 1.165) is 57.6 Å². The Bertz CT molecular complexity index is 2060. The summed E-state index contributed by atoms with van der Waals surface area (Å²) < 4.78 is 0. The van der Waals surface area contributed by atoms with Crippen LogP contribution in [-0.2, 0) is 31.3 Å². The van der Waals surface area contributed by atoms with Crippen molar-refractivity contribution in [2.75, 3.05) is 0 Å². The minimum absolute atomic E-state index is 0.00776. The van der Waals surface area contributed by atoms with E-state index in [4.69, 9.17) is 23.2 Å². The number of hydrogen-bond donors (Lipinski definition) is 1. The number of halogens is 2. The van der Waals surface area contributed by atoms with Crippen molar-refractivity contribution < 1.29 is 14.7 Å². The van der Waals surface area contributed by atoms with Crippen molar-refractivity contribution in [1.29, 1.82) is 0 Å². The van der Waals surface area contributed by atoms with Crippen LogP contribution in [0.3, 0.4) is 0 Å². The van der Waals surface area contributed by atoms with Crippen LogP contribution in [0.4, 0.5) is 0 Å². The molecule has 2 aromatic heterocycles. The number of rotatable bonds is 11. The first kappa shape index (κ1) is 37.3. The van der Waals surface area contributed by atoms with Crippen molar-refractivity contribution in [3.05, 3.63) is 150 Å². The number of nitrogens with zero attached hydrogens (tertiary/aromatic N) is 2. The molecular formula is C41H38Cl2N2O3S2. The van der Waals surface area contributed by atoms with Crippen molar-refractivity contribution in [2.45, 2.75) is 59.0 Å². The molecule has 0 aliphatic carbocycles. The molecule has 0 saturated carbocycles. The molecule has 0 amide bonds. The van der Waals surface area contributed by atoms with Crippen molar-refractivity contribution in [1.82, 2.24) is 9.97 Å². The summed E-state index contributed by atoms with van der Waals surface area (Å²) in [6.07, 6.45) is 2.45. The largest absolute Gasteiger partial charge is 0.383 e. The van der Waals surface area contributed by atoms with Gasteiger partial charge in [-0.15, -0.1) is 22.7 Å². The van der Waals surface area contributed by atoms with E-state index in [-0.39, 0.29) is 11.6 Å². The van der Waals surface area contributed by atoms with Gasteiger partial charge in [0.15, 0.2) is 11.6 Å². The van der Waals surface area contributed by atoms with Gasteiger partial charge < -0.3 is 5.11 Å². The Labute approximate surface area is 311 Å². The molecule has 0 aliphatic rings. The highest BCUT2D eigenvalue weighted by molar-refractivity contribution is 7.10. The molecule has 2 heterocycles. The predicted molar refractivity (Wildman–Crippen MR) is 208 cm³/mol. The highest BCUT2D eigenvalue weighted by atomic mass is 35.5. The Kier molecular flexibility index (Phi) is 12.5. The molecule has 0 bridgehead atoms. The van der Waals surface area contributed by atoms with E-state index in [1.54, 1.807) is 25.2 Å². The summed E-state index contributed by atoms with van der Waals surface area (Å²) >= 11 is 15.5. The quantitative estimate of drug-likeness (QED) is 0.134. The number of carbonyl (C=O) groups excluding carboxylic acids is 2. The Morgan fingerprint density at radius 2 is 1.14 bits per heavy atom. The number of aliphatic hydroxyl groups is 1. The van der Waals surface area contributed by atoms with Gasteiger partial charge in [0.1, 0.15) is 10.6 Å². The van der Waals surface area contributed by atoms with Gasteiger partial charge in [0.05, 0.1) is 26.9 Å². The Morgan fingerprint density at radius 1 is 0.680 bits per heavy atom. The summed E-state index contributed by atoms with van der Waals surface area (Å²) in [5.41, 5.74) is 10.0. The number of aryl methyl sites for hydroxylation is 2. The maximum Gasteiger partial charge on any atom is 0.168 e. The van der Waals surface area contributed by atoms with Gasteiger partial charge in [-0.05, 0) is 73.2 Å². The molecule has 0 unspecified atom stereocenters. The number of hydrogen-bond acceptors (Lipinski definition) is 7. The predicted octanol–water partition coefficient (Wildman–Crippen LogP) is 11.1. The molecule has 5 nitrogen and oxygen atoms in total. The fourth-order valence-electron chi connectivity index (χ4n) is 5.20. The smallest absolute Gasteiger partial charge is 0.168 e. The second-order valence-corrected chi connectivity index (χ2v) is 14.8. The maximum absolute atomic E-state index is 12.6. The van der Waals surface area contributed by atoms with Crippen molar-refractivity contribution in [2.24, 2.45) is 0 Å². The molecule has 50 heavy (non-hydrogen) atoms. The monoisotopic (exact) mass is 740 g/mol. The average Bonchev–Trinajstić information content (AvgIpc) is 3.83. The van der Waals surface area contributed by atoms with Gasteiger partial charge in [0.25, 0.3) is 0 Å². The van der Waals surface area contributed by atoms with Crippen molar-refractivity contribution in [3.8, 4) is 22.5 Å².